The van der Waals surface area contributed by atoms with E-state index in [0.29, 0.717) is 11.3 Å². The van der Waals surface area contributed by atoms with E-state index in [9.17, 15) is 24.3 Å². The standard InChI is InChI=1S/C18H21N3O6/c1-18(10-16(24)25,12-5-4-6-13(9-12)27-3)19-14(22)11-21-8-7-15(23)20(2)17(21)26/h4-9H,10-11H2,1-3H3,(H,19,22)(H,24,25). The molecule has 0 bridgehead atoms. The summed E-state index contributed by atoms with van der Waals surface area (Å²) in [5.41, 5.74) is -1.80. The lowest BCUT2D eigenvalue weighted by atomic mass is 9.88. The van der Waals surface area contributed by atoms with Crippen LogP contribution in [0.3, 0.4) is 0 Å². The molecular formula is C18H21N3O6. The summed E-state index contributed by atoms with van der Waals surface area (Å²) in [6, 6.07) is 7.90. The normalized spacial score (nSPS) is 12.9. The molecule has 1 atom stereocenters. The van der Waals surface area contributed by atoms with E-state index in [4.69, 9.17) is 4.74 Å². The van der Waals surface area contributed by atoms with Crippen LogP contribution >= 0.6 is 0 Å². The fourth-order valence-corrected chi connectivity index (χ4v) is 2.73. The Kier molecular flexibility index (Phi) is 5.84. The first-order chi connectivity index (χ1) is 12.7. The van der Waals surface area contributed by atoms with Crippen molar-refractivity contribution in [3.8, 4) is 5.75 Å². The van der Waals surface area contributed by atoms with Gasteiger partial charge in [-0.1, -0.05) is 12.1 Å². The predicted molar refractivity (Wildman–Crippen MR) is 96.7 cm³/mol. The molecule has 144 valence electrons. The van der Waals surface area contributed by atoms with Crippen LogP contribution < -0.4 is 21.3 Å². The van der Waals surface area contributed by atoms with Crippen LogP contribution in [0.4, 0.5) is 0 Å². The number of hydrogen-bond donors (Lipinski definition) is 2. The summed E-state index contributed by atoms with van der Waals surface area (Å²) in [6.45, 7) is 1.23. The molecule has 0 fully saturated rings. The molecule has 1 heterocycles. The SMILES string of the molecule is COc1cccc(C(C)(CC(=O)O)NC(=O)Cn2ccc(=O)n(C)c2=O)c1. The monoisotopic (exact) mass is 375 g/mol. The van der Waals surface area contributed by atoms with Gasteiger partial charge >= 0.3 is 11.7 Å². The van der Waals surface area contributed by atoms with Gasteiger partial charge in [0.2, 0.25) is 5.91 Å². The maximum atomic E-state index is 12.5. The molecule has 2 rings (SSSR count). The number of carboxylic acids is 1. The van der Waals surface area contributed by atoms with Crippen molar-refractivity contribution < 1.29 is 19.4 Å². The third-order valence-electron chi connectivity index (χ3n) is 4.20. The van der Waals surface area contributed by atoms with E-state index in [0.717, 1.165) is 9.13 Å². The molecular weight excluding hydrogens is 354 g/mol. The Morgan fingerprint density at radius 2 is 1.96 bits per heavy atom. The first-order valence-corrected chi connectivity index (χ1v) is 8.10. The van der Waals surface area contributed by atoms with Gasteiger partial charge in [-0.3, -0.25) is 23.5 Å². The molecule has 1 amide bonds. The minimum absolute atomic E-state index is 0.355. The number of carbonyl (C=O) groups excluding carboxylic acids is 1. The van der Waals surface area contributed by atoms with Crippen LogP contribution in [-0.4, -0.2) is 33.2 Å². The third-order valence-corrected chi connectivity index (χ3v) is 4.20. The maximum Gasteiger partial charge on any atom is 0.331 e. The Morgan fingerprint density at radius 3 is 2.59 bits per heavy atom. The quantitative estimate of drug-likeness (QED) is 0.706. The van der Waals surface area contributed by atoms with Gasteiger partial charge in [-0.15, -0.1) is 0 Å². The minimum Gasteiger partial charge on any atom is -0.497 e. The highest BCUT2D eigenvalue weighted by Gasteiger charge is 2.32. The Morgan fingerprint density at radius 1 is 1.26 bits per heavy atom. The summed E-state index contributed by atoms with van der Waals surface area (Å²) in [5.74, 6) is -1.14. The van der Waals surface area contributed by atoms with Crippen LogP contribution in [0, 0.1) is 0 Å². The summed E-state index contributed by atoms with van der Waals surface area (Å²) in [5, 5.41) is 12.0. The topological polar surface area (TPSA) is 120 Å². The zero-order valence-electron chi connectivity index (χ0n) is 15.3. The van der Waals surface area contributed by atoms with E-state index < -0.39 is 28.7 Å². The van der Waals surface area contributed by atoms with Crippen LogP contribution in [0.25, 0.3) is 0 Å². The van der Waals surface area contributed by atoms with Crippen LogP contribution in [0.15, 0.2) is 46.1 Å². The van der Waals surface area contributed by atoms with Crippen LogP contribution in [0.1, 0.15) is 18.9 Å². The van der Waals surface area contributed by atoms with Crippen molar-refractivity contribution >= 4 is 11.9 Å². The molecule has 1 aromatic carbocycles. The van der Waals surface area contributed by atoms with Crippen LogP contribution in [-0.2, 0) is 28.7 Å². The zero-order chi connectivity index (χ0) is 20.2. The van der Waals surface area contributed by atoms with Crippen LogP contribution in [0.2, 0.25) is 0 Å². The van der Waals surface area contributed by atoms with Gasteiger partial charge in [-0.05, 0) is 24.6 Å². The van der Waals surface area contributed by atoms with Gasteiger partial charge in [-0.25, -0.2) is 4.79 Å². The predicted octanol–water partition coefficient (Wildman–Crippen LogP) is 0.0619. The molecule has 1 unspecified atom stereocenters. The van der Waals surface area contributed by atoms with Gasteiger partial charge in [0, 0.05) is 19.3 Å². The molecule has 27 heavy (non-hydrogen) atoms. The van der Waals surface area contributed by atoms with Crippen molar-refractivity contribution in [1.82, 2.24) is 14.5 Å². The highest BCUT2D eigenvalue weighted by Crippen LogP contribution is 2.27. The van der Waals surface area contributed by atoms with Crippen molar-refractivity contribution in [3.05, 3.63) is 62.9 Å². The number of hydrogen-bond acceptors (Lipinski definition) is 5. The molecule has 2 aromatic rings. The van der Waals surface area contributed by atoms with E-state index in [1.54, 1.807) is 31.2 Å². The second kappa shape index (κ2) is 7.90. The van der Waals surface area contributed by atoms with Crippen molar-refractivity contribution in [1.29, 1.82) is 0 Å². The fourth-order valence-electron chi connectivity index (χ4n) is 2.73. The largest absolute Gasteiger partial charge is 0.497 e. The number of methoxy groups -OCH3 is 1. The van der Waals surface area contributed by atoms with E-state index >= 15 is 0 Å². The number of amides is 1. The molecule has 0 radical (unpaired) electrons. The van der Waals surface area contributed by atoms with Crippen molar-refractivity contribution in [2.75, 3.05) is 7.11 Å². The number of nitrogens with zero attached hydrogens (tertiary/aromatic N) is 2. The molecule has 0 saturated heterocycles. The van der Waals surface area contributed by atoms with Gasteiger partial charge in [0.1, 0.15) is 12.3 Å². The summed E-state index contributed by atoms with van der Waals surface area (Å²) >= 11 is 0. The lowest BCUT2D eigenvalue weighted by Gasteiger charge is -2.30. The number of nitrogens with one attached hydrogen (secondary N) is 1. The highest BCUT2D eigenvalue weighted by atomic mass is 16.5. The Balaban J connectivity index is 2.31. The number of aliphatic carboxylic acids is 1. The number of carboxylic acid groups (broad SMARTS) is 1. The van der Waals surface area contributed by atoms with E-state index in [1.165, 1.54) is 26.4 Å². The van der Waals surface area contributed by atoms with Gasteiger partial charge < -0.3 is 15.2 Å². The molecule has 0 aliphatic heterocycles. The Bertz CT molecular complexity index is 978. The molecule has 0 aliphatic rings. The maximum absolute atomic E-state index is 12.5. The molecule has 9 nitrogen and oxygen atoms in total. The molecule has 0 spiro atoms. The Labute approximate surface area is 154 Å². The van der Waals surface area contributed by atoms with E-state index in [1.807, 2.05) is 0 Å². The lowest BCUT2D eigenvalue weighted by molar-refractivity contribution is -0.139. The van der Waals surface area contributed by atoms with Crippen LogP contribution in [0.5, 0.6) is 5.75 Å². The molecule has 2 N–H and O–H groups in total. The third kappa shape index (κ3) is 4.63. The second-order valence-electron chi connectivity index (χ2n) is 6.31. The van der Waals surface area contributed by atoms with Crippen molar-refractivity contribution in [2.24, 2.45) is 7.05 Å². The molecule has 0 saturated carbocycles. The molecule has 0 aliphatic carbocycles. The first kappa shape index (κ1) is 20.0. The first-order valence-electron chi connectivity index (χ1n) is 8.10. The fraction of sp³-hybridized carbons (Fsp3) is 0.333. The minimum atomic E-state index is -1.22. The highest BCUT2D eigenvalue weighted by molar-refractivity contribution is 5.78. The van der Waals surface area contributed by atoms with Gasteiger partial charge in [0.25, 0.3) is 5.56 Å². The molecule has 9 heteroatoms. The average molecular weight is 375 g/mol. The zero-order valence-corrected chi connectivity index (χ0v) is 15.3. The molecule has 1 aromatic heterocycles. The smallest absolute Gasteiger partial charge is 0.331 e. The summed E-state index contributed by atoms with van der Waals surface area (Å²) in [4.78, 5) is 47.3. The van der Waals surface area contributed by atoms with Gasteiger partial charge in [-0.2, -0.15) is 0 Å². The average Bonchev–Trinajstić information content (AvgIpc) is 2.61. The van der Waals surface area contributed by atoms with Crippen molar-refractivity contribution in [2.45, 2.75) is 25.4 Å². The summed E-state index contributed by atoms with van der Waals surface area (Å²) in [6.07, 6.45) is 0.860. The number of benzene rings is 1. The Hall–Kier alpha value is -3.36. The van der Waals surface area contributed by atoms with Crippen molar-refractivity contribution in [3.63, 3.8) is 0 Å². The van der Waals surface area contributed by atoms with E-state index in [2.05, 4.69) is 5.32 Å². The number of aromatic nitrogens is 2. The van der Waals surface area contributed by atoms with E-state index in [-0.39, 0.29) is 13.0 Å². The summed E-state index contributed by atoms with van der Waals surface area (Å²) < 4.78 is 7.11. The van der Waals surface area contributed by atoms with Gasteiger partial charge in [0.15, 0.2) is 0 Å². The summed E-state index contributed by atoms with van der Waals surface area (Å²) in [7, 11) is 2.79. The lowest BCUT2D eigenvalue weighted by Crippen LogP contribution is -2.48. The van der Waals surface area contributed by atoms with Gasteiger partial charge in [0.05, 0.1) is 19.1 Å². The second-order valence-corrected chi connectivity index (χ2v) is 6.31. The number of rotatable bonds is 7. The number of carbonyl (C=O) groups is 2. The number of ether oxygens (including phenoxy) is 1.